The van der Waals surface area contributed by atoms with Crippen LogP contribution in [0.4, 0.5) is 5.69 Å². The topological polar surface area (TPSA) is 49.4 Å². The maximum atomic E-state index is 12.2. The minimum atomic E-state index is -3.41. The van der Waals surface area contributed by atoms with Crippen LogP contribution in [0.5, 0.6) is 0 Å². The molecule has 0 aromatic heterocycles. The molecule has 19 heavy (non-hydrogen) atoms. The van der Waals surface area contributed by atoms with E-state index in [1.165, 1.54) is 18.4 Å². The number of unbranched alkanes of at least 4 members (excludes halogenated alkanes) is 2. The van der Waals surface area contributed by atoms with Crippen LogP contribution in [0.3, 0.4) is 0 Å². The summed E-state index contributed by atoms with van der Waals surface area (Å²) < 4.78 is 25.5. The molecule has 0 spiro atoms. The summed E-state index contributed by atoms with van der Waals surface area (Å²) in [6.45, 7) is 0.747. The number of hydrogen-bond donors (Lipinski definition) is 1. The van der Waals surface area contributed by atoms with Gasteiger partial charge in [0.25, 0.3) is 0 Å². The third-order valence-electron chi connectivity index (χ3n) is 2.77. The summed E-state index contributed by atoms with van der Waals surface area (Å²) in [6.07, 6.45) is 3.00. The highest BCUT2D eigenvalue weighted by Gasteiger charge is 2.20. The fourth-order valence-electron chi connectivity index (χ4n) is 1.65. The van der Waals surface area contributed by atoms with Gasteiger partial charge in [0.1, 0.15) is 4.90 Å². The molecule has 0 aliphatic rings. The van der Waals surface area contributed by atoms with E-state index in [0.717, 1.165) is 25.8 Å². The largest absolute Gasteiger partial charge is 0.384 e. The van der Waals surface area contributed by atoms with Crippen LogP contribution in [-0.2, 0) is 10.0 Å². The fourth-order valence-corrected chi connectivity index (χ4v) is 2.90. The Balaban J connectivity index is 2.74. The Hall–Kier alpha value is -0.780. The SMILES string of the molecule is CN(C)S(=O)(=O)c1ccccc1NCCCCCCl. The van der Waals surface area contributed by atoms with Crippen molar-refractivity contribution in [2.45, 2.75) is 24.2 Å². The molecule has 0 aliphatic heterocycles. The molecule has 108 valence electrons. The molecule has 0 aliphatic carbocycles. The van der Waals surface area contributed by atoms with Gasteiger partial charge in [0.2, 0.25) is 10.0 Å². The van der Waals surface area contributed by atoms with Gasteiger partial charge < -0.3 is 5.32 Å². The summed E-state index contributed by atoms with van der Waals surface area (Å²) in [5.41, 5.74) is 0.655. The van der Waals surface area contributed by atoms with Gasteiger partial charge in [-0.3, -0.25) is 0 Å². The van der Waals surface area contributed by atoms with Crippen LogP contribution >= 0.6 is 11.6 Å². The fraction of sp³-hybridized carbons (Fsp3) is 0.538. The standard InChI is InChI=1S/C13H21ClN2O2S/c1-16(2)19(17,18)13-9-5-4-8-12(13)15-11-7-3-6-10-14/h4-5,8-9,15H,3,6-7,10-11H2,1-2H3. The van der Waals surface area contributed by atoms with E-state index >= 15 is 0 Å². The summed E-state index contributed by atoms with van der Waals surface area (Å²) in [4.78, 5) is 0.317. The lowest BCUT2D eigenvalue weighted by Gasteiger charge is -2.16. The Morgan fingerprint density at radius 2 is 1.84 bits per heavy atom. The lowest BCUT2D eigenvalue weighted by atomic mass is 10.2. The summed E-state index contributed by atoms with van der Waals surface area (Å²) in [6, 6.07) is 6.97. The van der Waals surface area contributed by atoms with Crippen molar-refractivity contribution in [3.8, 4) is 0 Å². The minimum Gasteiger partial charge on any atom is -0.384 e. The lowest BCUT2D eigenvalue weighted by molar-refractivity contribution is 0.521. The van der Waals surface area contributed by atoms with Gasteiger partial charge >= 0.3 is 0 Å². The van der Waals surface area contributed by atoms with Crippen molar-refractivity contribution in [3.63, 3.8) is 0 Å². The van der Waals surface area contributed by atoms with Crippen LogP contribution < -0.4 is 5.32 Å². The first-order valence-corrected chi connectivity index (χ1v) is 8.29. The average Bonchev–Trinajstić information content (AvgIpc) is 2.38. The predicted octanol–water partition coefficient (Wildman–Crippen LogP) is 2.76. The molecule has 0 radical (unpaired) electrons. The van der Waals surface area contributed by atoms with E-state index < -0.39 is 10.0 Å². The molecule has 1 aromatic rings. The van der Waals surface area contributed by atoms with Crippen LogP contribution in [0, 0.1) is 0 Å². The van der Waals surface area contributed by atoms with Gasteiger partial charge in [-0.15, -0.1) is 11.6 Å². The first-order valence-electron chi connectivity index (χ1n) is 6.31. The number of halogens is 1. The Bertz CT molecular complexity index is 489. The maximum Gasteiger partial charge on any atom is 0.244 e. The molecule has 0 fully saturated rings. The molecule has 1 aromatic carbocycles. The summed E-state index contributed by atoms with van der Waals surface area (Å²) in [5, 5.41) is 3.18. The van der Waals surface area contributed by atoms with Crippen molar-refractivity contribution in [2.75, 3.05) is 31.8 Å². The zero-order chi connectivity index (χ0) is 14.3. The van der Waals surface area contributed by atoms with Gasteiger partial charge in [-0.2, -0.15) is 0 Å². The Kier molecular flexibility index (Phi) is 6.62. The molecule has 1 rings (SSSR count). The van der Waals surface area contributed by atoms with Crippen molar-refractivity contribution < 1.29 is 8.42 Å². The van der Waals surface area contributed by atoms with Crippen molar-refractivity contribution in [2.24, 2.45) is 0 Å². The Morgan fingerprint density at radius 1 is 1.16 bits per heavy atom. The second kappa shape index (κ2) is 7.72. The third-order valence-corrected chi connectivity index (χ3v) is 4.91. The monoisotopic (exact) mass is 304 g/mol. The molecular weight excluding hydrogens is 284 g/mol. The molecule has 0 saturated heterocycles. The van der Waals surface area contributed by atoms with Gasteiger partial charge in [-0.1, -0.05) is 18.6 Å². The number of benzene rings is 1. The number of nitrogens with one attached hydrogen (secondary N) is 1. The number of rotatable bonds is 8. The van der Waals surface area contributed by atoms with E-state index in [9.17, 15) is 8.42 Å². The zero-order valence-electron chi connectivity index (χ0n) is 11.4. The molecule has 0 unspecified atom stereocenters. The van der Waals surface area contributed by atoms with Gasteiger partial charge in [-0.25, -0.2) is 12.7 Å². The molecule has 0 saturated carbocycles. The van der Waals surface area contributed by atoms with Crippen LogP contribution in [0.15, 0.2) is 29.2 Å². The second-order valence-electron chi connectivity index (χ2n) is 4.46. The van der Waals surface area contributed by atoms with Crippen molar-refractivity contribution in [3.05, 3.63) is 24.3 Å². The molecule has 0 amide bonds. The Labute approximate surface area is 120 Å². The van der Waals surface area contributed by atoms with Crippen molar-refractivity contribution >= 4 is 27.3 Å². The van der Waals surface area contributed by atoms with E-state index in [-0.39, 0.29) is 0 Å². The quantitative estimate of drug-likeness (QED) is 0.593. The third kappa shape index (κ3) is 4.67. The average molecular weight is 305 g/mol. The van der Waals surface area contributed by atoms with Gasteiger partial charge in [0.15, 0.2) is 0 Å². The van der Waals surface area contributed by atoms with Gasteiger partial charge in [0.05, 0.1) is 5.69 Å². The number of hydrogen-bond acceptors (Lipinski definition) is 3. The highest BCUT2D eigenvalue weighted by atomic mass is 35.5. The van der Waals surface area contributed by atoms with E-state index in [1.54, 1.807) is 18.2 Å². The van der Waals surface area contributed by atoms with Crippen molar-refractivity contribution in [1.82, 2.24) is 4.31 Å². The summed E-state index contributed by atoms with van der Waals surface area (Å²) in [7, 11) is -0.337. The van der Waals surface area contributed by atoms with Crippen LogP contribution in [0.25, 0.3) is 0 Å². The Morgan fingerprint density at radius 3 is 2.47 bits per heavy atom. The molecule has 0 heterocycles. The smallest absolute Gasteiger partial charge is 0.244 e. The molecule has 0 atom stereocenters. The van der Waals surface area contributed by atoms with E-state index in [2.05, 4.69) is 5.32 Å². The second-order valence-corrected chi connectivity index (χ2v) is 6.96. The highest BCUT2D eigenvalue weighted by Crippen LogP contribution is 2.23. The van der Waals surface area contributed by atoms with Crippen LogP contribution in [-0.4, -0.2) is 39.2 Å². The summed E-state index contributed by atoms with van der Waals surface area (Å²) >= 11 is 5.61. The molecule has 6 heteroatoms. The molecule has 1 N–H and O–H groups in total. The maximum absolute atomic E-state index is 12.2. The van der Waals surface area contributed by atoms with E-state index in [4.69, 9.17) is 11.6 Å². The lowest BCUT2D eigenvalue weighted by Crippen LogP contribution is -2.23. The molecule has 0 bridgehead atoms. The van der Waals surface area contributed by atoms with Crippen LogP contribution in [0.2, 0.25) is 0 Å². The highest BCUT2D eigenvalue weighted by molar-refractivity contribution is 7.89. The van der Waals surface area contributed by atoms with E-state index in [1.807, 2.05) is 6.07 Å². The zero-order valence-corrected chi connectivity index (χ0v) is 13.0. The van der Waals surface area contributed by atoms with E-state index in [0.29, 0.717) is 16.5 Å². The van der Waals surface area contributed by atoms with Gasteiger partial charge in [0, 0.05) is 26.5 Å². The molecular formula is C13H21ClN2O2S. The van der Waals surface area contributed by atoms with Gasteiger partial charge in [-0.05, 0) is 25.0 Å². The first-order chi connectivity index (χ1) is 9.00. The first kappa shape index (κ1) is 16.3. The van der Waals surface area contributed by atoms with Crippen molar-refractivity contribution in [1.29, 1.82) is 0 Å². The van der Waals surface area contributed by atoms with Crippen LogP contribution in [0.1, 0.15) is 19.3 Å². The number of para-hydroxylation sites is 1. The number of nitrogens with zero attached hydrogens (tertiary/aromatic N) is 1. The molecule has 4 nitrogen and oxygen atoms in total. The number of alkyl halides is 1. The minimum absolute atomic E-state index is 0.317. The normalized spacial score (nSPS) is 11.8. The predicted molar refractivity (Wildman–Crippen MR) is 80.4 cm³/mol. The number of anilines is 1. The number of sulfonamides is 1. The summed E-state index contributed by atoms with van der Waals surface area (Å²) in [5.74, 6) is 0.672.